The van der Waals surface area contributed by atoms with Crippen LogP contribution in [-0.4, -0.2) is 16.4 Å². The number of thioether (sulfide) groups is 1. The number of thiazole rings is 1. The molecule has 0 amide bonds. The van der Waals surface area contributed by atoms with Crippen LogP contribution < -0.4 is 5.32 Å². The van der Waals surface area contributed by atoms with E-state index in [-0.39, 0.29) is 0 Å². The maximum Gasteiger partial charge on any atom is 0.194 e. The molecule has 0 radical (unpaired) electrons. The zero-order valence-electron chi connectivity index (χ0n) is 10.7. The Kier molecular flexibility index (Phi) is 3.87. The Labute approximate surface area is 120 Å². The average molecular weight is 289 g/mol. The summed E-state index contributed by atoms with van der Waals surface area (Å²) in [4.78, 5) is 5.78. The molecule has 1 aromatic carbocycles. The second-order valence-electron chi connectivity index (χ2n) is 4.22. The molecule has 0 fully saturated rings. The van der Waals surface area contributed by atoms with Crippen molar-refractivity contribution in [3.63, 3.8) is 0 Å². The molecule has 0 aliphatic rings. The lowest BCUT2D eigenvalue weighted by Crippen LogP contribution is -2.08. The van der Waals surface area contributed by atoms with Gasteiger partial charge in [-0.2, -0.15) is 0 Å². The lowest BCUT2D eigenvalue weighted by molar-refractivity contribution is 0.765. The molecule has 3 nitrogen and oxygen atoms in total. The van der Waals surface area contributed by atoms with Crippen molar-refractivity contribution in [3.8, 4) is 0 Å². The molecule has 3 rings (SSSR count). The van der Waals surface area contributed by atoms with Gasteiger partial charge in [0.15, 0.2) is 4.96 Å². The SMILES string of the molecule is CNCc1c(SCc2ccccc2)nc2sccn12. The van der Waals surface area contributed by atoms with E-state index in [9.17, 15) is 0 Å². The van der Waals surface area contributed by atoms with E-state index >= 15 is 0 Å². The van der Waals surface area contributed by atoms with Crippen LogP contribution in [0.4, 0.5) is 0 Å². The summed E-state index contributed by atoms with van der Waals surface area (Å²) in [5.74, 6) is 0.961. The zero-order chi connectivity index (χ0) is 13.1. The summed E-state index contributed by atoms with van der Waals surface area (Å²) in [6.07, 6.45) is 2.09. The van der Waals surface area contributed by atoms with Crippen molar-refractivity contribution in [1.82, 2.24) is 14.7 Å². The molecular weight excluding hydrogens is 274 g/mol. The highest BCUT2D eigenvalue weighted by molar-refractivity contribution is 7.98. The highest BCUT2D eigenvalue weighted by Gasteiger charge is 2.12. The van der Waals surface area contributed by atoms with E-state index < -0.39 is 0 Å². The number of hydrogen-bond donors (Lipinski definition) is 1. The van der Waals surface area contributed by atoms with Crippen LogP contribution in [-0.2, 0) is 12.3 Å². The molecule has 98 valence electrons. The fourth-order valence-corrected chi connectivity index (χ4v) is 3.76. The van der Waals surface area contributed by atoms with Crippen molar-refractivity contribution in [2.75, 3.05) is 7.05 Å². The van der Waals surface area contributed by atoms with Crippen LogP contribution in [0.5, 0.6) is 0 Å². The first-order valence-electron chi connectivity index (χ1n) is 6.14. The predicted molar refractivity (Wildman–Crippen MR) is 81.8 cm³/mol. The van der Waals surface area contributed by atoms with E-state index in [0.29, 0.717) is 0 Å². The summed E-state index contributed by atoms with van der Waals surface area (Å²) in [6, 6.07) is 10.5. The third-order valence-electron chi connectivity index (χ3n) is 2.89. The van der Waals surface area contributed by atoms with E-state index in [4.69, 9.17) is 4.98 Å². The molecule has 2 aromatic heterocycles. The van der Waals surface area contributed by atoms with Gasteiger partial charge in [0.1, 0.15) is 5.03 Å². The fourth-order valence-electron chi connectivity index (χ4n) is 1.98. The molecule has 3 aromatic rings. The summed E-state index contributed by atoms with van der Waals surface area (Å²) in [5, 5.41) is 6.43. The van der Waals surface area contributed by atoms with Crippen molar-refractivity contribution in [3.05, 3.63) is 53.2 Å². The molecule has 5 heteroatoms. The topological polar surface area (TPSA) is 29.3 Å². The van der Waals surface area contributed by atoms with Crippen molar-refractivity contribution in [2.24, 2.45) is 0 Å². The first kappa shape index (κ1) is 12.7. The summed E-state index contributed by atoms with van der Waals surface area (Å²) >= 11 is 3.49. The molecule has 0 bridgehead atoms. The molecule has 0 unspecified atom stereocenters. The van der Waals surface area contributed by atoms with Crippen LogP contribution in [0.1, 0.15) is 11.3 Å². The molecule has 0 saturated carbocycles. The second-order valence-corrected chi connectivity index (χ2v) is 6.06. The minimum Gasteiger partial charge on any atom is -0.314 e. The highest BCUT2D eigenvalue weighted by atomic mass is 32.2. The van der Waals surface area contributed by atoms with E-state index in [0.717, 1.165) is 22.3 Å². The lowest BCUT2D eigenvalue weighted by Gasteiger charge is -2.03. The Morgan fingerprint density at radius 2 is 2.16 bits per heavy atom. The quantitative estimate of drug-likeness (QED) is 0.730. The molecule has 0 aliphatic heterocycles. The summed E-state index contributed by atoms with van der Waals surface area (Å²) in [6.45, 7) is 0.842. The zero-order valence-corrected chi connectivity index (χ0v) is 12.3. The first-order chi connectivity index (χ1) is 9.38. The molecule has 0 spiro atoms. The monoisotopic (exact) mass is 289 g/mol. The van der Waals surface area contributed by atoms with Crippen LogP contribution in [0, 0.1) is 0 Å². The van der Waals surface area contributed by atoms with Crippen molar-refractivity contribution in [1.29, 1.82) is 0 Å². The van der Waals surface area contributed by atoms with Gasteiger partial charge in [0.05, 0.1) is 5.69 Å². The maximum atomic E-state index is 4.71. The van der Waals surface area contributed by atoms with Crippen molar-refractivity contribution in [2.45, 2.75) is 17.3 Å². The number of nitrogens with zero attached hydrogens (tertiary/aromatic N) is 2. The number of nitrogens with one attached hydrogen (secondary N) is 1. The average Bonchev–Trinajstić information content (AvgIpc) is 3.01. The van der Waals surface area contributed by atoms with E-state index in [2.05, 4.69) is 45.6 Å². The third-order valence-corrected chi connectivity index (χ3v) is 4.72. The van der Waals surface area contributed by atoms with Gasteiger partial charge in [-0.15, -0.1) is 11.3 Å². The van der Waals surface area contributed by atoms with E-state index in [1.165, 1.54) is 11.3 Å². The normalized spacial score (nSPS) is 11.2. The summed E-state index contributed by atoms with van der Waals surface area (Å²) in [7, 11) is 1.97. The van der Waals surface area contributed by atoms with Gasteiger partial charge >= 0.3 is 0 Å². The number of benzene rings is 1. The Hall–Kier alpha value is -1.30. The molecule has 1 N–H and O–H groups in total. The molecule has 0 saturated heterocycles. The fraction of sp³-hybridized carbons (Fsp3) is 0.214. The largest absolute Gasteiger partial charge is 0.314 e. The van der Waals surface area contributed by atoms with Crippen LogP contribution in [0.3, 0.4) is 0 Å². The van der Waals surface area contributed by atoms with Gasteiger partial charge in [-0.3, -0.25) is 4.40 Å². The van der Waals surface area contributed by atoms with Gasteiger partial charge in [-0.1, -0.05) is 42.1 Å². The van der Waals surface area contributed by atoms with Gasteiger partial charge in [0.25, 0.3) is 0 Å². The Morgan fingerprint density at radius 3 is 2.95 bits per heavy atom. The predicted octanol–water partition coefficient (Wildman–Crippen LogP) is 3.41. The van der Waals surface area contributed by atoms with Crippen LogP contribution in [0.15, 0.2) is 46.9 Å². The third kappa shape index (κ3) is 2.68. The van der Waals surface area contributed by atoms with Crippen LogP contribution in [0.2, 0.25) is 0 Å². The lowest BCUT2D eigenvalue weighted by atomic mass is 10.2. The molecule has 0 aliphatic carbocycles. The molecule has 0 atom stereocenters. The van der Waals surface area contributed by atoms with Gasteiger partial charge in [0, 0.05) is 23.9 Å². The molecule has 2 heterocycles. The highest BCUT2D eigenvalue weighted by Crippen LogP contribution is 2.28. The van der Waals surface area contributed by atoms with Gasteiger partial charge in [-0.25, -0.2) is 4.98 Å². The van der Waals surface area contributed by atoms with Crippen molar-refractivity contribution >= 4 is 28.1 Å². The van der Waals surface area contributed by atoms with E-state index in [1.54, 1.807) is 23.1 Å². The number of rotatable bonds is 5. The maximum absolute atomic E-state index is 4.71. The number of aromatic nitrogens is 2. The van der Waals surface area contributed by atoms with Crippen molar-refractivity contribution < 1.29 is 0 Å². The van der Waals surface area contributed by atoms with E-state index in [1.807, 2.05) is 13.1 Å². The van der Waals surface area contributed by atoms with Crippen LogP contribution in [0.25, 0.3) is 4.96 Å². The minimum atomic E-state index is 0.842. The number of hydrogen-bond acceptors (Lipinski definition) is 4. The molecular formula is C14H15N3S2. The Morgan fingerprint density at radius 1 is 1.32 bits per heavy atom. The van der Waals surface area contributed by atoms with Gasteiger partial charge < -0.3 is 5.32 Å². The van der Waals surface area contributed by atoms with Gasteiger partial charge in [0.2, 0.25) is 0 Å². The summed E-state index contributed by atoms with van der Waals surface area (Å²) < 4.78 is 2.18. The van der Waals surface area contributed by atoms with Crippen LogP contribution >= 0.6 is 23.1 Å². The minimum absolute atomic E-state index is 0.842. The molecule has 19 heavy (non-hydrogen) atoms. The second kappa shape index (κ2) is 5.77. The standard InChI is InChI=1S/C14H15N3S2/c1-15-9-12-13(16-14-17(12)7-8-18-14)19-10-11-5-3-2-4-6-11/h2-8,15H,9-10H2,1H3. The summed E-state index contributed by atoms with van der Waals surface area (Å²) in [5.41, 5.74) is 2.58. The smallest absolute Gasteiger partial charge is 0.194 e. The number of fused-ring (bicyclic) bond motifs is 1. The Bertz CT molecular complexity index is 658. The Balaban J connectivity index is 1.83. The first-order valence-corrected chi connectivity index (χ1v) is 8.01. The van der Waals surface area contributed by atoms with Gasteiger partial charge in [-0.05, 0) is 12.6 Å². The number of imidazole rings is 1.